The van der Waals surface area contributed by atoms with E-state index in [1.165, 1.54) is 0 Å². The van der Waals surface area contributed by atoms with E-state index in [0.29, 0.717) is 10.8 Å². The molecule has 11 heavy (non-hydrogen) atoms. The molecule has 0 aromatic carbocycles. The molecule has 1 aromatic rings. The number of anilines is 1. The molecule has 0 spiro atoms. The van der Waals surface area contributed by atoms with Crippen molar-refractivity contribution in [1.29, 1.82) is 0 Å². The first-order chi connectivity index (χ1) is 5.38. The minimum Gasteiger partial charge on any atom is -0.382 e. The summed E-state index contributed by atoms with van der Waals surface area (Å²) >= 11 is 0. The summed E-state index contributed by atoms with van der Waals surface area (Å²) in [6.07, 6.45) is 1.67. The summed E-state index contributed by atoms with van der Waals surface area (Å²) in [6, 6.07) is 3.74. The molecule has 1 aliphatic rings. The van der Waals surface area contributed by atoms with E-state index in [9.17, 15) is 4.21 Å². The number of aromatic nitrogens is 1. The SMILES string of the molecule is O=S1CCNc2cccnc21. The van der Waals surface area contributed by atoms with E-state index >= 15 is 0 Å². The molecule has 2 rings (SSSR count). The maximum atomic E-state index is 11.3. The van der Waals surface area contributed by atoms with Crippen LogP contribution in [-0.2, 0) is 10.8 Å². The highest BCUT2D eigenvalue weighted by molar-refractivity contribution is 7.85. The molecule has 2 heterocycles. The maximum absolute atomic E-state index is 11.3. The van der Waals surface area contributed by atoms with E-state index in [0.717, 1.165) is 12.2 Å². The van der Waals surface area contributed by atoms with E-state index in [1.807, 2.05) is 12.1 Å². The van der Waals surface area contributed by atoms with Gasteiger partial charge < -0.3 is 5.32 Å². The Labute approximate surface area is 67.3 Å². The van der Waals surface area contributed by atoms with Crippen molar-refractivity contribution in [2.45, 2.75) is 5.03 Å². The van der Waals surface area contributed by atoms with Gasteiger partial charge in [0.2, 0.25) is 0 Å². The zero-order valence-electron chi connectivity index (χ0n) is 5.91. The fourth-order valence-corrected chi connectivity index (χ4v) is 2.13. The molecule has 0 saturated carbocycles. The zero-order valence-corrected chi connectivity index (χ0v) is 6.73. The van der Waals surface area contributed by atoms with Crippen LogP contribution in [-0.4, -0.2) is 21.5 Å². The van der Waals surface area contributed by atoms with Gasteiger partial charge in [-0.05, 0) is 12.1 Å². The van der Waals surface area contributed by atoms with E-state index < -0.39 is 10.8 Å². The lowest BCUT2D eigenvalue weighted by molar-refractivity contribution is 0.679. The van der Waals surface area contributed by atoms with Crippen LogP contribution in [0.5, 0.6) is 0 Å². The highest BCUT2D eigenvalue weighted by atomic mass is 32.2. The van der Waals surface area contributed by atoms with Crippen LogP contribution >= 0.6 is 0 Å². The Kier molecular flexibility index (Phi) is 1.62. The smallest absolute Gasteiger partial charge is 0.150 e. The highest BCUT2D eigenvalue weighted by Gasteiger charge is 2.14. The van der Waals surface area contributed by atoms with Crippen LogP contribution < -0.4 is 5.32 Å². The van der Waals surface area contributed by atoms with Crippen LogP contribution in [0.4, 0.5) is 5.69 Å². The van der Waals surface area contributed by atoms with Gasteiger partial charge in [-0.15, -0.1) is 0 Å². The lowest BCUT2D eigenvalue weighted by Gasteiger charge is -2.14. The first-order valence-corrected chi connectivity index (χ1v) is 4.77. The molecule has 3 nitrogen and oxygen atoms in total. The van der Waals surface area contributed by atoms with Gasteiger partial charge >= 0.3 is 0 Å². The average molecular weight is 168 g/mol. The summed E-state index contributed by atoms with van der Waals surface area (Å²) in [5, 5.41) is 3.83. The predicted molar refractivity (Wildman–Crippen MR) is 44.0 cm³/mol. The van der Waals surface area contributed by atoms with Crippen molar-refractivity contribution in [3.63, 3.8) is 0 Å². The minimum atomic E-state index is -0.889. The highest BCUT2D eigenvalue weighted by Crippen LogP contribution is 2.19. The molecule has 0 saturated heterocycles. The summed E-state index contributed by atoms with van der Waals surface area (Å²) in [4.78, 5) is 4.04. The number of hydrogen-bond acceptors (Lipinski definition) is 3. The molecule has 0 bridgehead atoms. The second-order valence-electron chi connectivity index (χ2n) is 2.33. The van der Waals surface area contributed by atoms with Gasteiger partial charge in [-0.1, -0.05) is 0 Å². The number of rotatable bonds is 0. The fourth-order valence-electron chi connectivity index (χ4n) is 1.08. The first-order valence-electron chi connectivity index (χ1n) is 3.45. The van der Waals surface area contributed by atoms with Crippen molar-refractivity contribution in [2.75, 3.05) is 17.6 Å². The third-order valence-corrected chi connectivity index (χ3v) is 2.92. The molecule has 1 atom stereocenters. The van der Waals surface area contributed by atoms with Crippen molar-refractivity contribution in [2.24, 2.45) is 0 Å². The predicted octanol–water partition coefficient (Wildman–Crippen LogP) is 0.615. The quantitative estimate of drug-likeness (QED) is 0.617. The summed E-state index contributed by atoms with van der Waals surface area (Å²) in [5.74, 6) is 0.671. The van der Waals surface area contributed by atoms with E-state index in [2.05, 4.69) is 10.3 Å². The summed E-state index contributed by atoms with van der Waals surface area (Å²) in [7, 11) is -0.889. The van der Waals surface area contributed by atoms with Crippen LogP contribution in [0.25, 0.3) is 0 Å². The summed E-state index contributed by atoms with van der Waals surface area (Å²) < 4.78 is 11.3. The van der Waals surface area contributed by atoms with Crippen molar-refractivity contribution >= 4 is 16.5 Å². The Bertz CT molecular complexity index is 300. The number of pyridine rings is 1. The Morgan fingerprint density at radius 1 is 1.64 bits per heavy atom. The molecule has 0 radical (unpaired) electrons. The third-order valence-electron chi connectivity index (χ3n) is 1.59. The van der Waals surface area contributed by atoms with Crippen LogP contribution in [0.1, 0.15) is 0 Å². The second kappa shape index (κ2) is 2.62. The summed E-state index contributed by atoms with van der Waals surface area (Å²) in [6.45, 7) is 0.783. The molecule has 1 N–H and O–H groups in total. The molecule has 0 fully saturated rings. The Morgan fingerprint density at radius 2 is 2.55 bits per heavy atom. The van der Waals surface area contributed by atoms with Crippen LogP contribution in [0.15, 0.2) is 23.4 Å². The van der Waals surface area contributed by atoms with E-state index in [1.54, 1.807) is 6.20 Å². The number of nitrogens with zero attached hydrogens (tertiary/aromatic N) is 1. The lowest BCUT2D eigenvalue weighted by Crippen LogP contribution is -2.19. The van der Waals surface area contributed by atoms with Gasteiger partial charge in [0, 0.05) is 18.5 Å². The van der Waals surface area contributed by atoms with Crippen molar-refractivity contribution < 1.29 is 4.21 Å². The Hall–Kier alpha value is -0.900. The average Bonchev–Trinajstić information content (AvgIpc) is 2.06. The molecule has 0 aliphatic carbocycles. The van der Waals surface area contributed by atoms with Gasteiger partial charge in [-0.25, -0.2) is 4.98 Å². The van der Waals surface area contributed by atoms with Crippen LogP contribution in [0.3, 0.4) is 0 Å². The number of hydrogen-bond donors (Lipinski definition) is 1. The van der Waals surface area contributed by atoms with Crippen LogP contribution in [0, 0.1) is 0 Å². The molecule has 1 aromatic heterocycles. The summed E-state index contributed by atoms with van der Waals surface area (Å²) in [5.41, 5.74) is 0.914. The molecule has 4 heteroatoms. The zero-order chi connectivity index (χ0) is 7.68. The van der Waals surface area contributed by atoms with Gasteiger partial charge in [0.05, 0.1) is 16.5 Å². The van der Waals surface area contributed by atoms with Crippen molar-refractivity contribution in [3.8, 4) is 0 Å². The van der Waals surface area contributed by atoms with E-state index in [4.69, 9.17) is 0 Å². The number of fused-ring (bicyclic) bond motifs is 1. The molecule has 1 aliphatic heterocycles. The van der Waals surface area contributed by atoms with Crippen molar-refractivity contribution in [1.82, 2.24) is 4.98 Å². The third kappa shape index (κ3) is 1.14. The fraction of sp³-hybridized carbons (Fsp3) is 0.286. The van der Waals surface area contributed by atoms with Gasteiger partial charge in [0.25, 0.3) is 0 Å². The largest absolute Gasteiger partial charge is 0.382 e. The monoisotopic (exact) mass is 168 g/mol. The van der Waals surface area contributed by atoms with Gasteiger partial charge in [-0.2, -0.15) is 0 Å². The standard InChI is InChI=1S/C7H8N2OS/c10-11-5-4-8-6-2-1-3-9-7(6)11/h1-3,8H,4-5H2. The second-order valence-corrected chi connectivity index (χ2v) is 3.82. The minimum absolute atomic E-state index is 0.671. The molecule has 1 unspecified atom stereocenters. The number of nitrogens with one attached hydrogen (secondary N) is 1. The topological polar surface area (TPSA) is 42.0 Å². The van der Waals surface area contributed by atoms with Crippen LogP contribution in [0.2, 0.25) is 0 Å². The Balaban J connectivity index is 2.52. The maximum Gasteiger partial charge on any atom is 0.150 e. The first kappa shape index (κ1) is 6.79. The lowest BCUT2D eigenvalue weighted by atomic mass is 10.4. The van der Waals surface area contributed by atoms with Gasteiger partial charge in [0.15, 0.2) is 0 Å². The Morgan fingerprint density at radius 3 is 3.36 bits per heavy atom. The molecule has 58 valence electrons. The van der Waals surface area contributed by atoms with Gasteiger partial charge in [-0.3, -0.25) is 4.21 Å². The normalized spacial score (nSPS) is 22.0. The molecular formula is C7H8N2OS. The van der Waals surface area contributed by atoms with E-state index in [-0.39, 0.29) is 0 Å². The van der Waals surface area contributed by atoms with Crippen molar-refractivity contribution in [3.05, 3.63) is 18.3 Å². The molecular weight excluding hydrogens is 160 g/mol. The molecule has 0 amide bonds. The van der Waals surface area contributed by atoms with Gasteiger partial charge in [0.1, 0.15) is 5.03 Å².